The smallest absolute Gasteiger partial charge is 0.265 e. The zero-order chi connectivity index (χ0) is 16.4. The van der Waals surface area contributed by atoms with Crippen molar-refractivity contribution in [2.24, 2.45) is 0 Å². The molecule has 5 nitrogen and oxygen atoms in total. The van der Waals surface area contributed by atoms with E-state index in [9.17, 15) is 9.59 Å². The maximum absolute atomic E-state index is 12.3. The fourth-order valence-corrected chi connectivity index (χ4v) is 2.26. The van der Waals surface area contributed by atoms with Crippen molar-refractivity contribution >= 4 is 35.2 Å². The van der Waals surface area contributed by atoms with Crippen LogP contribution >= 0.6 is 12.2 Å². The Kier molecular flexibility index (Phi) is 4.61. The van der Waals surface area contributed by atoms with Gasteiger partial charge in [0.25, 0.3) is 11.8 Å². The van der Waals surface area contributed by atoms with E-state index < -0.39 is 11.8 Å². The Morgan fingerprint density at radius 1 is 1.09 bits per heavy atom. The molecule has 2 rings (SSSR count). The molecule has 1 aromatic carbocycles. The summed E-state index contributed by atoms with van der Waals surface area (Å²) >= 11 is 5.06. The number of hydrogen-bond donors (Lipinski definition) is 0. The Morgan fingerprint density at radius 2 is 1.64 bits per heavy atom. The summed E-state index contributed by atoms with van der Waals surface area (Å²) in [7, 11) is 3.11. The zero-order valence-corrected chi connectivity index (χ0v) is 13.8. The molecular weight excluding hydrogens is 300 g/mol. The topological polar surface area (TPSA) is 49.9 Å². The second-order valence-corrected chi connectivity index (χ2v) is 5.64. The highest BCUT2D eigenvalue weighted by Crippen LogP contribution is 2.25. The number of para-hydroxylation sites is 1. The van der Waals surface area contributed by atoms with Gasteiger partial charge in [0.15, 0.2) is 5.11 Å². The SMILES string of the molecule is CC(C)Oc1ccccc1C=C1C(=O)N(C)C(=S)N(C)C1=O. The molecule has 6 heteroatoms. The zero-order valence-electron chi connectivity index (χ0n) is 13.0. The minimum absolute atomic E-state index is 0.00441. The quantitative estimate of drug-likeness (QED) is 0.486. The van der Waals surface area contributed by atoms with Crippen LogP contribution in [0.15, 0.2) is 29.8 Å². The van der Waals surface area contributed by atoms with Gasteiger partial charge in [-0.3, -0.25) is 19.4 Å². The molecule has 22 heavy (non-hydrogen) atoms. The third kappa shape index (κ3) is 3.01. The minimum atomic E-state index is -0.410. The van der Waals surface area contributed by atoms with Crippen molar-refractivity contribution in [2.75, 3.05) is 14.1 Å². The molecule has 1 saturated heterocycles. The largest absolute Gasteiger partial charge is 0.490 e. The van der Waals surface area contributed by atoms with Gasteiger partial charge in [-0.25, -0.2) is 0 Å². The van der Waals surface area contributed by atoms with Gasteiger partial charge in [0.1, 0.15) is 11.3 Å². The number of hydrogen-bond acceptors (Lipinski definition) is 4. The molecule has 0 N–H and O–H groups in total. The van der Waals surface area contributed by atoms with E-state index >= 15 is 0 Å². The molecule has 0 aliphatic carbocycles. The second-order valence-electron chi connectivity index (χ2n) is 5.27. The van der Waals surface area contributed by atoms with Crippen molar-refractivity contribution < 1.29 is 14.3 Å². The summed E-state index contributed by atoms with van der Waals surface area (Å²) in [5, 5.41) is 0.193. The molecule has 1 aliphatic heterocycles. The number of nitrogens with zero attached hydrogens (tertiary/aromatic N) is 2. The molecule has 0 bridgehead atoms. The standard InChI is InChI=1S/C16H18N2O3S/c1-10(2)21-13-8-6-5-7-11(13)9-12-14(19)17(3)16(22)18(4)15(12)20/h5-10H,1-4H3. The number of benzene rings is 1. The first-order valence-electron chi connectivity index (χ1n) is 6.90. The van der Waals surface area contributed by atoms with E-state index in [1.165, 1.54) is 9.80 Å². The predicted octanol–water partition coefficient (Wildman–Crippen LogP) is 2.07. The summed E-state index contributed by atoms with van der Waals surface area (Å²) in [6.07, 6.45) is 1.55. The first-order valence-corrected chi connectivity index (χ1v) is 7.31. The lowest BCUT2D eigenvalue weighted by atomic mass is 10.1. The van der Waals surface area contributed by atoms with Gasteiger partial charge in [-0.2, -0.15) is 0 Å². The van der Waals surface area contributed by atoms with Gasteiger partial charge in [-0.05, 0) is 38.2 Å². The molecule has 1 aromatic rings. The highest BCUT2D eigenvalue weighted by atomic mass is 32.1. The van der Waals surface area contributed by atoms with E-state index in [0.29, 0.717) is 11.3 Å². The molecule has 1 fully saturated rings. The maximum Gasteiger partial charge on any atom is 0.265 e. The molecule has 0 atom stereocenters. The summed E-state index contributed by atoms with van der Waals surface area (Å²) in [6.45, 7) is 3.83. The van der Waals surface area contributed by atoms with E-state index in [1.54, 1.807) is 26.2 Å². The Bertz CT molecular complexity index is 641. The average molecular weight is 318 g/mol. The lowest BCUT2D eigenvalue weighted by Crippen LogP contribution is -2.52. The third-order valence-electron chi connectivity index (χ3n) is 3.23. The van der Waals surface area contributed by atoms with Gasteiger partial charge < -0.3 is 4.74 Å². The molecule has 1 heterocycles. The summed E-state index contributed by atoms with van der Waals surface area (Å²) in [5.74, 6) is -0.191. The number of rotatable bonds is 3. The molecule has 0 aromatic heterocycles. The van der Waals surface area contributed by atoms with Gasteiger partial charge in [0.2, 0.25) is 0 Å². The van der Waals surface area contributed by atoms with Gasteiger partial charge in [-0.1, -0.05) is 18.2 Å². The van der Waals surface area contributed by atoms with Crippen molar-refractivity contribution in [3.8, 4) is 5.75 Å². The predicted molar refractivity (Wildman–Crippen MR) is 88.3 cm³/mol. The van der Waals surface area contributed by atoms with E-state index in [4.69, 9.17) is 17.0 Å². The van der Waals surface area contributed by atoms with E-state index in [1.807, 2.05) is 32.0 Å². The number of ether oxygens (including phenoxy) is 1. The van der Waals surface area contributed by atoms with Crippen LogP contribution in [0.3, 0.4) is 0 Å². The van der Waals surface area contributed by atoms with Gasteiger partial charge in [-0.15, -0.1) is 0 Å². The van der Waals surface area contributed by atoms with Crippen LogP contribution in [0, 0.1) is 0 Å². The van der Waals surface area contributed by atoms with Crippen LogP contribution in [0.1, 0.15) is 19.4 Å². The molecule has 0 saturated carbocycles. The highest BCUT2D eigenvalue weighted by Gasteiger charge is 2.35. The normalized spacial score (nSPS) is 15.7. The summed E-state index contributed by atoms with van der Waals surface area (Å²) in [4.78, 5) is 27.2. The van der Waals surface area contributed by atoms with Crippen molar-refractivity contribution in [3.63, 3.8) is 0 Å². The molecule has 0 spiro atoms. The highest BCUT2D eigenvalue weighted by molar-refractivity contribution is 7.80. The Labute approximate surface area is 135 Å². The first kappa shape index (κ1) is 16.2. The fourth-order valence-electron chi connectivity index (χ4n) is 2.09. The monoisotopic (exact) mass is 318 g/mol. The van der Waals surface area contributed by atoms with E-state index in [-0.39, 0.29) is 16.8 Å². The van der Waals surface area contributed by atoms with Crippen molar-refractivity contribution in [1.82, 2.24) is 9.80 Å². The molecule has 0 radical (unpaired) electrons. The van der Waals surface area contributed by atoms with Crippen LogP contribution in [0.5, 0.6) is 5.75 Å². The number of carbonyl (C=O) groups is 2. The fraction of sp³-hybridized carbons (Fsp3) is 0.312. The van der Waals surface area contributed by atoms with Crippen molar-refractivity contribution in [3.05, 3.63) is 35.4 Å². The van der Waals surface area contributed by atoms with Crippen LogP contribution in [0.25, 0.3) is 6.08 Å². The second kappa shape index (κ2) is 6.27. The first-order chi connectivity index (χ1) is 10.3. The number of thiocarbonyl (C=S) groups is 1. The molecule has 1 aliphatic rings. The van der Waals surface area contributed by atoms with Crippen molar-refractivity contribution in [2.45, 2.75) is 20.0 Å². The Balaban J connectivity index is 2.46. The lowest BCUT2D eigenvalue weighted by Gasteiger charge is -2.31. The Hall–Kier alpha value is -2.21. The van der Waals surface area contributed by atoms with Crippen LogP contribution in [-0.4, -0.2) is 46.9 Å². The lowest BCUT2D eigenvalue weighted by molar-refractivity contribution is -0.132. The molecule has 0 unspecified atom stereocenters. The van der Waals surface area contributed by atoms with Crippen molar-refractivity contribution in [1.29, 1.82) is 0 Å². The van der Waals surface area contributed by atoms with Crippen LogP contribution in [0.4, 0.5) is 0 Å². The van der Waals surface area contributed by atoms with Gasteiger partial charge in [0.05, 0.1) is 6.10 Å². The van der Waals surface area contributed by atoms with E-state index in [0.717, 1.165) is 0 Å². The van der Waals surface area contributed by atoms with Crippen LogP contribution < -0.4 is 4.74 Å². The number of likely N-dealkylation sites (N-methyl/N-ethyl adjacent to an activating group) is 2. The average Bonchev–Trinajstić information content (AvgIpc) is 2.48. The molecule has 116 valence electrons. The number of carbonyl (C=O) groups excluding carboxylic acids is 2. The minimum Gasteiger partial charge on any atom is -0.490 e. The Morgan fingerprint density at radius 3 is 2.18 bits per heavy atom. The van der Waals surface area contributed by atoms with Crippen LogP contribution in [-0.2, 0) is 9.59 Å². The summed E-state index contributed by atoms with van der Waals surface area (Å²) < 4.78 is 5.71. The summed E-state index contributed by atoms with van der Waals surface area (Å²) in [5.41, 5.74) is 0.751. The maximum atomic E-state index is 12.3. The summed E-state index contributed by atoms with van der Waals surface area (Å²) in [6, 6.07) is 7.29. The number of amides is 2. The van der Waals surface area contributed by atoms with Gasteiger partial charge in [0, 0.05) is 19.7 Å². The van der Waals surface area contributed by atoms with Crippen LogP contribution in [0.2, 0.25) is 0 Å². The molecular formula is C16H18N2O3S. The van der Waals surface area contributed by atoms with Gasteiger partial charge >= 0.3 is 0 Å². The van der Waals surface area contributed by atoms with E-state index in [2.05, 4.69) is 0 Å². The third-order valence-corrected chi connectivity index (χ3v) is 3.77. The molecule has 2 amide bonds.